The lowest BCUT2D eigenvalue weighted by Gasteiger charge is -2.43. The van der Waals surface area contributed by atoms with Crippen LogP contribution < -0.4 is 19.8 Å². The third-order valence-electron chi connectivity index (χ3n) is 9.57. The summed E-state index contributed by atoms with van der Waals surface area (Å²) in [4.78, 5) is 57.5. The lowest BCUT2D eigenvalue weighted by molar-refractivity contribution is -0.123. The summed E-state index contributed by atoms with van der Waals surface area (Å²) in [5, 5.41) is 13.0. The number of carbonyl (C=O) groups is 3. The molecule has 228 valence electrons. The van der Waals surface area contributed by atoms with E-state index in [0.717, 1.165) is 21.9 Å². The summed E-state index contributed by atoms with van der Waals surface area (Å²) in [6.45, 7) is -0.206. The Labute approximate surface area is 264 Å². The van der Waals surface area contributed by atoms with Gasteiger partial charge in [0.05, 0.1) is 22.5 Å². The van der Waals surface area contributed by atoms with E-state index in [-0.39, 0.29) is 63.9 Å². The number of anilines is 2. The van der Waals surface area contributed by atoms with Gasteiger partial charge in [-0.25, -0.2) is 4.39 Å². The molecule has 4 unspecified atom stereocenters. The fourth-order valence-corrected chi connectivity index (χ4v) is 10.8. The molecule has 0 radical (unpaired) electrons. The summed E-state index contributed by atoms with van der Waals surface area (Å²) in [6.07, 6.45) is 0.763. The van der Waals surface area contributed by atoms with Gasteiger partial charge in [0.25, 0.3) is 5.91 Å². The Morgan fingerprint density at radius 2 is 1.64 bits per heavy atom. The van der Waals surface area contributed by atoms with Gasteiger partial charge in [-0.2, -0.15) is 0 Å². The zero-order chi connectivity index (χ0) is 31.0. The molecular weight excluding hydrogens is 618 g/mol. The number of phenolic OH excluding ortho intramolecular Hbond substituents is 1. The third kappa shape index (κ3) is 4.57. The van der Waals surface area contributed by atoms with E-state index in [0.29, 0.717) is 17.1 Å². The molecule has 3 heterocycles. The van der Waals surface area contributed by atoms with Crippen LogP contribution in [0, 0.1) is 35.4 Å². The average molecular weight is 644 g/mol. The van der Waals surface area contributed by atoms with Crippen LogP contribution >= 0.6 is 23.1 Å². The molecule has 9 nitrogen and oxygen atoms in total. The van der Waals surface area contributed by atoms with Crippen molar-refractivity contribution in [3.8, 4) is 11.5 Å². The molecule has 1 aromatic heterocycles. The number of aromatic nitrogens is 1. The van der Waals surface area contributed by atoms with Crippen molar-refractivity contribution in [1.29, 1.82) is 0 Å². The number of hydrogen-bond acceptors (Lipinski definition) is 8. The summed E-state index contributed by atoms with van der Waals surface area (Å²) >= 11 is 2.80. The number of fused-ring (bicyclic) bond motifs is 9. The first-order chi connectivity index (χ1) is 21.8. The molecule has 2 saturated carbocycles. The standard InChI is InChI=1S/C33H26FN3O6S2/c34-16-3-7-18(8-4-16)37-31(40)26-21-13-22(27(26)32(37)41)28-25(21)24(29-30(44-28)36-33(42)45-29)15-1-11-20(12-2-15)43-14-23(39)35-17-5-9-19(38)10-6-17/h1-12,21-22,24-28,38H,13-14H2,(H,35,39)(H,36,42)/t21-,22-,24-,25?,26?,27?,28?/m1/s1. The fraction of sp³-hybridized carbons (Fsp3) is 0.273. The second-order valence-corrected chi connectivity index (χ2v) is 14.1. The first-order valence-electron chi connectivity index (χ1n) is 14.6. The number of aromatic hydroxyl groups is 1. The van der Waals surface area contributed by atoms with Gasteiger partial charge in [-0.15, -0.1) is 11.8 Å². The van der Waals surface area contributed by atoms with E-state index in [4.69, 9.17) is 4.74 Å². The molecule has 3 N–H and O–H groups in total. The van der Waals surface area contributed by atoms with Crippen LogP contribution in [0.1, 0.15) is 22.8 Å². The number of rotatable bonds is 6. The van der Waals surface area contributed by atoms with Crippen LogP contribution in [0.4, 0.5) is 15.8 Å². The van der Waals surface area contributed by atoms with Crippen molar-refractivity contribution in [3.63, 3.8) is 0 Å². The predicted molar refractivity (Wildman–Crippen MR) is 166 cm³/mol. The van der Waals surface area contributed by atoms with E-state index in [1.165, 1.54) is 52.6 Å². The van der Waals surface area contributed by atoms with Crippen LogP contribution in [-0.2, 0) is 14.4 Å². The van der Waals surface area contributed by atoms with Crippen LogP contribution in [-0.4, -0.2) is 39.7 Å². The zero-order valence-corrected chi connectivity index (χ0v) is 25.1. The van der Waals surface area contributed by atoms with E-state index in [1.54, 1.807) is 36.0 Å². The largest absolute Gasteiger partial charge is 0.508 e. The van der Waals surface area contributed by atoms with Gasteiger partial charge in [0, 0.05) is 21.7 Å². The molecule has 2 bridgehead atoms. The van der Waals surface area contributed by atoms with Gasteiger partial charge >= 0.3 is 4.87 Å². The highest BCUT2D eigenvalue weighted by atomic mass is 32.2. The molecule has 3 aromatic carbocycles. The Kier molecular flexibility index (Phi) is 6.61. The highest BCUT2D eigenvalue weighted by Gasteiger charge is 2.69. The number of H-pyrrole nitrogens is 1. The van der Waals surface area contributed by atoms with Crippen molar-refractivity contribution in [1.82, 2.24) is 4.98 Å². The molecule has 4 aliphatic rings. The summed E-state index contributed by atoms with van der Waals surface area (Å²) in [6, 6.07) is 19.1. The smallest absolute Gasteiger partial charge is 0.305 e. The van der Waals surface area contributed by atoms with E-state index < -0.39 is 17.7 Å². The first kappa shape index (κ1) is 28.1. The number of benzene rings is 3. The zero-order valence-electron chi connectivity index (χ0n) is 23.5. The number of thioether (sulfide) groups is 1. The number of halogens is 1. The number of nitrogens with zero attached hydrogens (tertiary/aromatic N) is 1. The Bertz CT molecular complexity index is 1890. The first-order valence-corrected chi connectivity index (χ1v) is 16.3. The minimum absolute atomic E-state index is 0.0225. The second-order valence-electron chi connectivity index (χ2n) is 11.9. The number of ether oxygens (including phenoxy) is 1. The van der Waals surface area contributed by atoms with E-state index in [2.05, 4.69) is 10.3 Å². The SMILES string of the molecule is O=C(COc1ccc([C@H]2c3sc(=O)[nH]c3SC3C2[C@H]2C[C@@H]3C3C(=O)N(c4ccc(F)cc4)C(=O)C32)cc1)Nc1ccc(O)cc1. The van der Waals surface area contributed by atoms with Crippen LogP contribution in [0.5, 0.6) is 11.5 Å². The minimum Gasteiger partial charge on any atom is -0.508 e. The number of aromatic amines is 1. The van der Waals surface area contributed by atoms with Gasteiger partial charge in [0.2, 0.25) is 11.8 Å². The molecule has 45 heavy (non-hydrogen) atoms. The highest BCUT2D eigenvalue weighted by Crippen LogP contribution is 2.68. The number of amides is 3. The molecule has 2 aliphatic heterocycles. The lowest BCUT2D eigenvalue weighted by atomic mass is 9.68. The van der Waals surface area contributed by atoms with Gasteiger partial charge in [-0.05, 0) is 90.4 Å². The molecule has 4 aromatic rings. The quantitative estimate of drug-likeness (QED) is 0.200. The average Bonchev–Trinajstić information content (AvgIpc) is 3.77. The molecule has 3 fully saturated rings. The van der Waals surface area contributed by atoms with E-state index in [9.17, 15) is 28.7 Å². The van der Waals surface area contributed by atoms with Gasteiger partial charge in [0.1, 0.15) is 17.3 Å². The maximum atomic E-state index is 13.8. The van der Waals surface area contributed by atoms with Gasteiger partial charge in [0.15, 0.2) is 6.61 Å². The Morgan fingerprint density at radius 1 is 0.956 bits per heavy atom. The highest BCUT2D eigenvalue weighted by molar-refractivity contribution is 8.00. The van der Waals surface area contributed by atoms with Crippen molar-refractivity contribution >= 4 is 52.2 Å². The van der Waals surface area contributed by atoms with Crippen LogP contribution in [0.25, 0.3) is 0 Å². The Hall–Kier alpha value is -4.42. The number of thiazole rings is 1. The van der Waals surface area contributed by atoms with Crippen LogP contribution in [0.3, 0.4) is 0 Å². The van der Waals surface area contributed by atoms with Crippen molar-refractivity contribution in [2.24, 2.45) is 29.6 Å². The Morgan fingerprint density at radius 3 is 2.36 bits per heavy atom. The molecule has 12 heteroatoms. The number of hydrogen-bond donors (Lipinski definition) is 3. The van der Waals surface area contributed by atoms with Crippen molar-refractivity contribution < 1.29 is 28.6 Å². The number of nitrogens with one attached hydrogen (secondary N) is 2. The maximum Gasteiger partial charge on any atom is 0.305 e. The number of carbonyl (C=O) groups excluding carboxylic acids is 3. The topological polar surface area (TPSA) is 129 Å². The van der Waals surface area contributed by atoms with Crippen molar-refractivity contribution in [2.75, 3.05) is 16.8 Å². The van der Waals surface area contributed by atoms with Gasteiger partial charge in [-0.1, -0.05) is 23.5 Å². The van der Waals surface area contributed by atoms with E-state index in [1.807, 2.05) is 12.1 Å². The predicted octanol–water partition coefficient (Wildman–Crippen LogP) is 4.98. The van der Waals surface area contributed by atoms with Crippen LogP contribution in [0.2, 0.25) is 0 Å². The summed E-state index contributed by atoms with van der Waals surface area (Å²) in [7, 11) is 0. The van der Waals surface area contributed by atoms with Gasteiger partial charge < -0.3 is 20.1 Å². The molecule has 3 amide bonds. The molecule has 8 rings (SSSR count). The lowest BCUT2D eigenvalue weighted by Crippen LogP contribution is -2.42. The summed E-state index contributed by atoms with van der Waals surface area (Å²) < 4.78 is 19.3. The molecule has 1 saturated heterocycles. The Balaban J connectivity index is 1.05. The summed E-state index contributed by atoms with van der Waals surface area (Å²) in [5.41, 5.74) is 1.90. The molecular formula is C33H26FN3O6S2. The van der Waals surface area contributed by atoms with Crippen molar-refractivity contribution in [2.45, 2.75) is 22.6 Å². The summed E-state index contributed by atoms with van der Waals surface area (Å²) in [5.74, 6) is -1.70. The number of imide groups is 1. The van der Waals surface area contributed by atoms with Crippen LogP contribution in [0.15, 0.2) is 82.6 Å². The monoisotopic (exact) mass is 643 g/mol. The normalized spacial score (nSPS) is 27.7. The molecule has 0 spiro atoms. The molecule has 2 aliphatic carbocycles. The maximum absolute atomic E-state index is 13.8. The number of phenols is 1. The molecule has 7 atom stereocenters. The third-order valence-corrected chi connectivity index (χ3v) is 12.2. The van der Waals surface area contributed by atoms with Gasteiger partial charge in [-0.3, -0.25) is 24.1 Å². The minimum atomic E-state index is -0.455. The second kappa shape index (κ2) is 10.6. The fourth-order valence-electron chi connectivity index (χ4n) is 7.90. The van der Waals surface area contributed by atoms with Crippen molar-refractivity contribution in [3.05, 3.63) is 98.7 Å². The van der Waals surface area contributed by atoms with E-state index >= 15 is 0 Å².